The molecule has 1 aromatic heterocycles. The topological polar surface area (TPSA) is 55.0 Å². The summed E-state index contributed by atoms with van der Waals surface area (Å²) in [5.41, 5.74) is 8.06. The van der Waals surface area contributed by atoms with Crippen molar-refractivity contribution in [3.05, 3.63) is 47.8 Å². The van der Waals surface area contributed by atoms with Crippen LogP contribution in [0, 0.1) is 5.82 Å². The summed E-state index contributed by atoms with van der Waals surface area (Å²) < 4.78 is 13.3. The van der Waals surface area contributed by atoms with Gasteiger partial charge in [0, 0.05) is 25.2 Å². The molecule has 0 fully saturated rings. The van der Waals surface area contributed by atoms with Crippen LogP contribution in [0.3, 0.4) is 0 Å². The van der Waals surface area contributed by atoms with Crippen LogP contribution >= 0.6 is 0 Å². The molecule has 1 aromatic carbocycles. The Hall–Kier alpha value is -2.01. The van der Waals surface area contributed by atoms with E-state index in [-0.39, 0.29) is 11.7 Å². The Morgan fingerprint density at radius 2 is 2.10 bits per heavy atom. The fourth-order valence-corrected chi connectivity index (χ4v) is 1.96. The smallest absolute Gasteiger partial charge is 0.131 e. The number of hydrogen-bond acceptors (Lipinski definition) is 4. The first-order valence-corrected chi connectivity index (χ1v) is 6.58. The molecule has 20 heavy (non-hydrogen) atoms. The van der Waals surface area contributed by atoms with Gasteiger partial charge in [0.05, 0.1) is 17.6 Å². The summed E-state index contributed by atoms with van der Waals surface area (Å²) in [4.78, 5) is 10.7. The summed E-state index contributed by atoms with van der Waals surface area (Å²) in [6.07, 6.45) is 1.75. The molecule has 0 bridgehead atoms. The highest BCUT2D eigenvalue weighted by atomic mass is 19.1. The summed E-state index contributed by atoms with van der Waals surface area (Å²) in [5, 5.41) is 0. The first kappa shape index (κ1) is 14.4. The van der Waals surface area contributed by atoms with Crippen molar-refractivity contribution in [3.63, 3.8) is 0 Å². The molecule has 0 saturated carbocycles. The number of anilines is 2. The van der Waals surface area contributed by atoms with E-state index >= 15 is 0 Å². The molecule has 0 saturated heterocycles. The van der Waals surface area contributed by atoms with E-state index in [9.17, 15) is 4.39 Å². The van der Waals surface area contributed by atoms with Crippen LogP contribution in [0.5, 0.6) is 0 Å². The molecule has 0 atom stereocenters. The minimum atomic E-state index is -0.275. The van der Waals surface area contributed by atoms with E-state index in [1.54, 1.807) is 12.3 Å². The fraction of sp³-hybridized carbons (Fsp3) is 0.333. The van der Waals surface area contributed by atoms with Crippen molar-refractivity contribution in [3.8, 4) is 0 Å². The molecule has 106 valence electrons. The van der Waals surface area contributed by atoms with Gasteiger partial charge in [0.15, 0.2) is 0 Å². The Labute approximate surface area is 118 Å². The molecule has 0 amide bonds. The molecule has 0 radical (unpaired) electrons. The average Bonchev–Trinajstić information content (AvgIpc) is 2.45. The summed E-state index contributed by atoms with van der Waals surface area (Å²) in [6.45, 7) is 4.38. The third-order valence-electron chi connectivity index (χ3n) is 3.13. The van der Waals surface area contributed by atoms with Crippen LogP contribution in [0.25, 0.3) is 0 Å². The van der Waals surface area contributed by atoms with Crippen molar-refractivity contribution >= 4 is 11.4 Å². The van der Waals surface area contributed by atoms with Gasteiger partial charge in [-0.1, -0.05) is 19.9 Å². The third-order valence-corrected chi connectivity index (χ3v) is 3.13. The van der Waals surface area contributed by atoms with Crippen LogP contribution in [0.1, 0.15) is 31.3 Å². The number of benzene rings is 1. The molecule has 2 rings (SSSR count). The van der Waals surface area contributed by atoms with E-state index in [0.29, 0.717) is 6.54 Å². The molecule has 0 aliphatic rings. The van der Waals surface area contributed by atoms with Gasteiger partial charge >= 0.3 is 0 Å². The second kappa shape index (κ2) is 5.96. The van der Waals surface area contributed by atoms with Gasteiger partial charge in [-0.3, -0.25) is 0 Å². The zero-order chi connectivity index (χ0) is 14.7. The molecule has 0 unspecified atom stereocenters. The standard InChI is InChI=1S/C15H19FN4/c1-10(2)15-18-9-14(13(8-17)19-15)20(3)12-6-4-5-11(16)7-12/h4-7,9-10H,8,17H2,1-3H3. The maximum atomic E-state index is 13.3. The normalized spacial score (nSPS) is 10.9. The maximum Gasteiger partial charge on any atom is 0.131 e. The minimum absolute atomic E-state index is 0.244. The Bertz CT molecular complexity index is 598. The second-order valence-corrected chi connectivity index (χ2v) is 4.96. The Balaban J connectivity index is 2.41. The van der Waals surface area contributed by atoms with Crippen molar-refractivity contribution in [2.24, 2.45) is 5.73 Å². The number of nitrogens with zero attached hydrogens (tertiary/aromatic N) is 3. The molecule has 0 aliphatic heterocycles. The van der Waals surface area contributed by atoms with Crippen LogP contribution in [0.2, 0.25) is 0 Å². The molecule has 2 aromatic rings. The SMILES string of the molecule is CC(C)c1ncc(N(C)c2cccc(F)c2)c(CN)n1. The van der Waals surface area contributed by atoms with E-state index in [1.807, 2.05) is 31.9 Å². The van der Waals surface area contributed by atoms with Crippen LogP contribution in [0.4, 0.5) is 15.8 Å². The molecule has 1 heterocycles. The molecular formula is C15H19FN4. The molecule has 2 N–H and O–H groups in total. The molecule has 0 aliphatic carbocycles. The zero-order valence-electron chi connectivity index (χ0n) is 12.0. The lowest BCUT2D eigenvalue weighted by molar-refractivity contribution is 0.628. The number of rotatable bonds is 4. The summed E-state index contributed by atoms with van der Waals surface area (Å²) in [7, 11) is 1.85. The lowest BCUT2D eigenvalue weighted by Crippen LogP contribution is -2.16. The highest BCUT2D eigenvalue weighted by Crippen LogP contribution is 2.26. The average molecular weight is 274 g/mol. The molecule has 0 spiro atoms. The van der Waals surface area contributed by atoms with Gasteiger partial charge in [-0.15, -0.1) is 0 Å². The van der Waals surface area contributed by atoms with Crippen molar-refractivity contribution in [2.45, 2.75) is 26.3 Å². The summed E-state index contributed by atoms with van der Waals surface area (Å²) in [5.74, 6) is 0.735. The first-order valence-electron chi connectivity index (χ1n) is 6.58. The molecule has 5 heteroatoms. The van der Waals surface area contributed by atoms with Crippen molar-refractivity contribution in [1.29, 1.82) is 0 Å². The predicted octanol–water partition coefficient (Wildman–Crippen LogP) is 2.97. The monoisotopic (exact) mass is 274 g/mol. The Morgan fingerprint density at radius 1 is 1.35 bits per heavy atom. The fourth-order valence-electron chi connectivity index (χ4n) is 1.96. The van der Waals surface area contributed by atoms with Crippen molar-refractivity contribution in [2.75, 3.05) is 11.9 Å². The van der Waals surface area contributed by atoms with E-state index < -0.39 is 0 Å². The van der Waals surface area contributed by atoms with Crippen molar-refractivity contribution < 1.29 is 4.39 Å². The zero-order valence-corrected chi connectivity index (χ0v) is 12.0. The molecule has 4 nitrogen and oxygen atoms in total. The van der Waals surface area contributed by atoms with Gasteiger partial charge in [0.25, 0.3) is 0 Å². The largest absolute Gasteiger partial charge is 0.342 e. The van der Waals surface area contributed by atoms with Gasteiger partial charge < -0.3 is 10.6 Å². The van der Waals surface area contributed by atoms with Crippen LogP contribution in [-0.2, 0) is 6.54 Å². The lowest BCUT2D eigenvalue weighted by atomic mass is 10.2. The number of nitrogens with two attached hydrogens (primary N) is 1. The van der Waals surface area contributed by atoms with Gasteiger partial charge in [-0.05, 0) is 18.2 Å². The third kappa shape index (κ3) is 2.93. The van der Waals surface area contributed by atoms with E-state index in [0.717, 1.165) is 22.9 Å². The number of aromatic nitrogens is 2. The molecular weight excluding hydrogens is 255 g/mol. The van der Waals surface area contributed by atoms with Crippen LogP contribution < -0.4 is 10.6 Å². The predicted molar refractivity (Wildman–Crippen MR) is 78.5 cm³/mol. The maximum absolute atomic E-state index is 13.3. The second-order valence-electron chi connectivity index (χ2n) is 4.96. The van der Waals surface area contributed by atoms with Crippen LogP contribution in [-0.4, -0.2) is 17.0 Å². The lowest BCUT2D eigenvalue weighted by Gasteiger charge is -2.22. The van der Waals surface area contributed by atoms with Gasteiger partial charge in [0.1, 0.15) is 11.6 Å². The summed E-state index contributed by atoms with van der Waals surface area (Å²) >= 11 is 0. The van der Waals surface area contributed by atoms with Gasteiger partial charge in [-0.25, -0.2) is 14.4 Å². The number of hydrogen-bond donors (Lipinski definition) is 1. The first-order chi connectivity index (χ1) is 9.52. The van der Waals surface area contributed by atoms with Gasteiger partial charge in [0.2, 0.25) is 0 Å². The van der Waals surface area contributed by atoms with Crippen LogP contribution in [0.15, 0.2) is 30.5 Å². The van der Waals surface area contributed by atoms with Gasteiger partial charge in [-0.2, -0.15) is 0 Å². The van der Waals surface area contributed by atoms with E-state index in [1.165, 1.54) is 12.1 Å². The van der Waals surface area contributed by atoms with E-state index in [2.05, 4.69) is 9.97 Å². The highest BCUT2D eigenvalue weighted by Gasteiger charge is 2.13. The Morgan fingerprint density at radius 3 is 2.70 bits per heavy atom. The highest BCUT2D eigenvalue weighted by molar-refractivity contribution is 5.63. The number of halogens is 1. The summed E-state index contributed by atoms with van der Waals surface area (Å²) in [6, 6.07) is 6.39. The quantitative estimate of drug-likeness (QED) is 0.931. The minimum Gasteiger partial charge on any atom is -0.342 e. The van der Waals surface area contributed by atoms with Crippen molar-refractivity contribution in [1.82, 2.24) is 9.97 Å². The Kier molecular flexibility index (Phi) is 4.29. The van der Waals surface area contributed by atoms with E-state index in [4.69, 9.17) is 5.73 Å².